The molecule has 120 valence electrons. The first-order valence-corrected chi connectivity index (χ1v) is 7.08. The summed E-state index contributed by atoms with van der Waals surface area (Å²) in [4.78, 5) is 22.2. The first-order valence-electron chi connectivity index (χ1n) is 7.08. The van der Waals surface area contributed by atoms with Gasteiger partial charge in [-0.05, 0) is 25.0 Å². The normalized spacial score (nSPS) is 14.1. The summed E-state index contributed by atoms with van der Waals surface area (Å²) in [6.45, 7) is 1.73. The summed E-state index contributed by atoms with van der Waals surface area (Å²) in [6.07, 6.45) is 4.77. The van der Waals surface area contributed by atoms with Crippen molar-refractivity contribution in [2.75, 3.05) is 23.3 Å². The third-order valence-corrected chi connectivity index (χ3v) is 3.57. The number of carbonyl (C=O) groups is 1. The Balaban J connectivity index is 1.74. The maximum absolute atomic E-state index is 13.5. The van der Waals surface area contributed by atoms with E-state index in [0.29, 0.717) is 5.95 Å². The molecule has 0 bridgehead atoms. The van der Waals surface area contributed by atoms with Crippen LogP contribution in [-0.4, -0.2) is 29.0 Å². The Labute approximate surface area is 130 Å². The fraction of sp³-hybridized carbons (Fsp3) is 0.267. The van der Waals surface area contributed by atoms with E-state index in [4.69, 9.17) is 0 Å². The molecule has 1 N–H and O–H groups in total. The van der Waals surface area contributed by atoms with Crippen molar-refractivity contribution in [2.24, 2.45) is 0 Å². The number of nitrogens with zero attached hydrogens (tertiary/aromatic N) is 3. The molecule has 2 heterocycles. The lowest BCUT2D eigenvalue weighted by atomic mass is 10.2. The van der Waals surface area contributed by atoms with Crippen LogP contribution < -0.4 is 10.2 Å². The van der Waals surface area contributed by atoms with E-state index < -0.39 is 29.0 Å². The fourth-order valence-electron chi connectivity index (χ4n) is 2.34. The molecule has 1 aromatic carbocycles. The Morgan fingerprint density at radius 3 is 2.35 bits per heavy atom. The summed E-state index contributed by atoms with van der Waals surface area (Å²) in [5.41, 5.74) is -0.352. The first kappa shape index (κ1) is 15.3. The molecular formula is C15H13F3N4O. The molecule has 1 aromatic heterocycles. The SMILES string of the molecule is O=C(Nc1ccc(F)c(F)c1F)c1cnc(N2CCCC2)nc1. The van der Waals surface area contributed by atoms with Crippen molar-refractivity contribution in [3.63, 3.8) is 0 Å². The summed E-state index contributed by atoms with van der Waals surface area (Å²) >= 11 is 0. The zero-order valence-electron chi connectivity index (χ0n) is 12.0. The molecule has 0 radical (unpaired) electrons. The van der Waals surface area contributed by atoms with E-state index in [9.17, 15) is 18.0 Å². The fourth-order valence-corrected chi connectivity index (χ4v) is 2.34. The van der Waals surface area contributed by atoms with Crippen molar-refractivity contribution < 1.29 is 18.0 Å². The smallest absolute Gasteiger partial charge is 0.258 e. The van der Waals surface area contributed by atoms with Crippen molar-refractivity contribution in [3.8, 4) is 0 Å². The quantitative estimate of drug-likeness (QED) is 0.883. The number of hydrogen-bond acceptors (Lipinski definition) is 4. The Hall–Kier alpha value is -2.64. The Morgan fingerprint density at radius 1 is 1.04 bits per heavy atom. The van der Waals surface area contributed by atoms with E-state index in [1.54, 1.807) is 0 Å². The van der Waals surface area contributed by atoms with Gasteiger partial charge in [-0.15, -0.1) is 0 Å². The number of rotatable bonds is 3. The lowest BCUT2D eigenvalue weighted by Crippen LogP contribution is -2.21. The summed E-state index contributed by atoms with van der Waals surface area (Å²) in [7, 11) is 0. The van der Waals surface area contributed by atoms with Gasteiger partial charge in [-0.2, -0.15) is 0 Å². The monoisotopic (exact) mass is 322 g/mol. The van der Waals surface area contributed by atoms with Crippen LogP contribution in [0.5, 0.6) is 0 Å². The molecule has 2 aromatic rings. The molecule has 3 rings (SSSR count). The van der Waals surface area contributed by atoms with Crippen LogP contribution in [0.2, 0.25) is 0 Å². The van der Waals surface area contributed by atoms with Gasteiger partial charge < -0.3 is 10.2 Å². The summed E-state index contributed by atoms with van der Waals surface area (Å²) in [6, 6.07) is 1.69. The molecule has 0 saturated carbocycles. The lowest BCUT2D eigenvalue weighted by molar-refractivity contribution is 0.102. The molecule has 23 heavy (non-hydrogen) atoms. The average molecular weight is 322 g/mol. The summed E-state index contributed by atoms with van der Waals surface area (Å²) < 4.78 is 39.5. The number of aromatic nitrogens is 2. The highest BCUT2D eigenvalue weighted by Crippen LogP contribution is 2.20. The van der Waals surface area contributed by atoms with E-state index in [0.717, 1.165) is 38.1 Å². The van der Waals surface area contributed by atoms with Gasteiger partial charge in [-0.3, -0.25) is 4.79 Å². The molecule has 0 spiro atoms. The summed E-state index contributed by atoms with van der Waals surface area (Å²) in [5.74, 6) is -4.59. The second-order valence-corrected chi connectivity index (χ2v) is 5.14. The van der Waals surface area contributed by atoms with Crippen LogP contribution in [-0.2, 0) is 0 Å². The van der Waals surface area contributed by atoms with E-state index >= 15 is 0 Å². The predicted molar refractivity (Wildman–Crippen MR) is 77.7 cm³/mol. The third kappa shape index (κ3) is 3.10. The minimum absolute atomic E-state index is 0.0945. The highest BCUT2D eigenvalue weighted by atomic mass is 19.2. The largest absolute Gasteiger partial charge is 0.341 e. The maximum atomic E-state index is 13.5. The molecule has 1 amide bonds. The minimum Gasteiger partial charge on any atom is -0.341 e. The van der Waals surface area contributed by atoms with Gasteiger partial charge in [-0.25, -0.2) is 23.1 Å². The maximum Gasteiger partial charge on any atom is 0.258 e. The standard InChI is InChI=1S/C15H13F3N4O/c16-10-3-4-11(13(18)12(10)17)21-14(23)9-7-19-15(20-8-9)22-5-1-2-6-22/h3-4,7-8H,1-2,5-6H2,(H,21,23). The van der Waals surface area contributed by atoms with Crippen molar-refractivity contribution >= 4 is 17.5 Å². The number of amides is 1. The zero-order valence-corrected chi connectivity index (χ0v) is 12.0. The van der Waals surface area contributed by atoms with Crippen LogP contribution in [0.15, 0.2) is 24.5 Å². The van der Waals surface area contributed by atoms with Crippen LogP contribution in [0.1, 0.15) is 23.2 Å². The van der Waals surface area contributed by atoms with Gasteiger partial charge in [0.15, 0.2) is 17.5 Å². The molecule has 0 atom stereocenters. The second-order valence-electron chi connectivity index (χ2n) is 5.14. The molecule has 0 unspecified atom stereocenters. The van der Waals surface area contributed by atoms with Crippen molar-refractivity contribution in [1.29, 1.82) is 0 Å². The predicted octanol–water partition coefficient (Wildman–Crippen LogP) is 2.75. The van der Waals surface area contributed by atoms with Gasteiger partial charge >= 0.3 is 0 Å². The Morgan fingerprint density at radius 2 is 1.70 bits per heavy atom. The van der Waals surface area contributed by atoms with Gasteiger partial charge in [0.05, 0.1) is 11.3 Å². The molecule has 1 aliphatic heterocycles. The number of carbonyl (C=O) groups excluding carboxylic acids is 1. The average Bonchev–Trinajstić information content (AvgIpc) is 3.10. The number of benzene rings is 1. The van der Waals surface area contributed by atoms with Crippen LogP contribution in [0.4, 0.5) is 24.8 Å². The van der Waals surface area contributed by atoms with Crippen molar-refractivity contribution in [3.05, 3.63) is 47.5 Å². The second kappa shape index (κ2) is 6.23. The molecule has 1 fully saturated rings. The topological polar surface area (TPSA) is 58.1 Å². The highest BCUT2D eigenvalue weighted by molar-refractivity contribution is 6.03. The van der Waals surface area contributed by atoms with E-state index in [1.165, 1.54) is 12.4 Å². The van der Waals surface area contributed by atoms with Crippen LogP contribution in [0, 0.1) is 17.5 Å². The van der Waals surface area contributed by atoms with E-state index in [2.05, 4.69) is 15.3 Å². The zero-order chi connectivity index (χ0) is 16.4. The molecule has 1 aliphatic rings. The van der Waals surface area contributed by atoms with Gasteiger partial charge in [0, 0.05) is 25.5 Å². The third-order valence-electron chi connectivity index (χ3n) is 3.57. The number of hydrogen-bond donors (Lipinski definition) is 1. The van der Waals surface area contributed by atoms with Crippen LogP contribution in [0.3, 0.4) is 0 Å². The van der Waals surface area contributed by atoms with E-state index in [1.807, 2.05) is 4.90 Å². The molecule has 0 aliphatic carbocycles. The molecular weight excluding hydrogens is 309 g/mol. The molecule has 1 saturated heterocycles. The number of halogens is 3. The number of nitrogens with one attached hydrogen (secondary N) is 1. The molecule has 5 nitrogen and oxygen atoms in total. The molecule has 8 heteroatoms. The highest BCUT2D eigenvalue weighted by Gasteiger charge is 2.18. The first-order chi connectivity index (χ1) is 11.1. The lowest BCUT2D eigenvalue weighted by Gasteiger charge is -2.14. The van der Waals surface area contributed by atoms with E-state index in [-0.39, 0.29) is 5.56 Å². The van der Waals surface area contributed by atoms with Gasteiger partial charge in [0.1, 0.15) is 0 Å². The Kier molecular flexibility index (Phi) is 4.14. The van der Waals surface area contributed by atoms with Gasteiger partial charge in [-0.1, -0.05) is 0 Å². The Bertz CT molecular complexity index is 730. The van der Waals surface area contributed by atoms with Crippen LogP contribution >= 0.6 is 0 Å². The van der Waals surface area contributed by atoms with Gasteiger partial charge in [0.2, 0.25) is 5.95 Å². The van der Waals surface area contributed by atoms with Crippen molar-refractivity contribution in [2.45, 2.75) is 12.8 Å². The van der Waals surface area contributed by atoms with Crippen LogP contribution in [0.25, 0.3) is 0 Å². The minimum atomic E-state index is -1.64. The van der Waals surface area contributed by atoms with Crippen molar-refractivity contribution in [1.82, 2.24) is 9.97 Å². The number of anilines is 2. The van der Waals surface area contributed by atoms with Gasteiger partial charge in [0.25, 0.3) is 5.91 Å². The summed E-state index contributed by atoms with van der Waals surface area (Å²) in [5, 5.41) is 2.17.